The second-order valence-corrected chi connectivity index (χ2v) is 6.16. The Hall–Kier alpha value is -1.26. The zero-order valence-electron chi connectivity index (χ0n) is 11.5. The smallest absolute Gasteiger partial charge is 0.304 e. The summed E-state index contributed by atoms with van der Waals surface area (Å²) in [4.78, 5) is 11.7. The average Bonchev–Trinajstić information content (AvgIpc) is 2.48. The van der Waals surface area contributed by atoms with Crippen LogP contribution in [-0.2, 0) is 14.9 Å². The van der Waals surface area contributed by atoms with Crippen molar-refractivity contribution in [1.29, 1.82) is 0 Å². The van der Waals surface area contributed by atoms with Crippen molar-refractivity contribution in [2.75, 3.05) is 19.0 Å². The van der Waals surface area contributed by atoms with Gasteiger partial charge in [0.05, 0.1) is 6.42 Å². The molecule has 0 atom stereocenters. The van der Waals surface area contributed by atoms with Crippen LogP contribution in [0.15, 0.2) is 41.8 Å². The molecule has 1 aliphatic rings. The average molecular weight is 292 g/mol. The van der Waals surface area contributed by atoms with Crippen molar-refractivity contribution in [3.8, 4) is 0 Å². The van der Waals surface area contributed by atoms with Gasteiger partial charge in [0.1, 0.15) is 0 Å². The van der Waals surface area contributed by atoms with Crippen molar-refractivity contribution in [3.05, 3.63) is 42.5 Å². The van der Waals surface area contributed by atoms with Crippen LogP contribution in [0.4, 0.5) is 0 Å². The SMILES string of the molecule is C=CC1(c2cccc(SCCC(=O)O)c2)CCOCC1. The molecule has 4 heteroatoms. The fraction of sp³-hybridized carbons (Fsp3) is 0.438. The highest BCUT2D eigenvalue weighted by Crippen LogP contribution is 2.37. The van der Waals surface area contributed by atoms with E-state index < -0.39 is 5.97 Å². The van der Waals surface area contributed by atoms with Gasteiger partial charge in [-0.05, 0) is 30.5 Å². The molecule has 0 spiro atoms. The molecule has 108 valence electrons. The lowest BCUT2D eigenvalue weighted by atomic mass is 9.74. The van der Waals surface area contributed by atoms with Crippen molar-refractivity contribution in [3.63, 3.8) is 0 Å². The van der Waals surface area contributed by atoms with Crippen LogP contribution < -0.4 is 0 Å². The van der Waals surface area contributed by atoms with Gasteiger partial charge in [-0.3, -0.25) is 4.79 Å². The Morgan fingerprint density at radius 3 is 2.85 bits per heavy atom. The Labute approximate surface area is 124 Å². The molecular weight excluding hydrogens is 272 g/mol. The van der Waals surface area contributed by atoms with Crippen LogP contribution in [0.1, 0.15) is 24.8 Å². The molecule has 20 heavy (non-hydrogen) atoms. The molecule has 1 aromatic carbocycles. The summed E-state index contributed by atoms with van der Waals surface area (Å²) >= 11 is 1.59. The number of hydrogen-bond acceptors (Lipinski definition) is 3. The molecule has 0 saturated carbocycles. The van der Waals surface area contributed by atoms with E-state index in [2.05, 4.69) is 18.7 Å². The zero-order valence-corrected chi connectivity index (χ0v) is 12.3. The molecule has 0 aliphatic carbocycles. The van der Waals surface area contributed by atoms with Crippen LogP contribution in [0.3, 0.4) is 0 Å². The summed E-state index contributed by atoms with van der Waals surface area (Å²) in [6, 6.07) is 8.37. The van der Waals surface area contributed by atoms with Gasteiger partial charge in [-0.1, -0.05) is 18.2 Å². The Kier molecular flexibility index (Phi) is 5.26. The Morgan fingerprint density at radius 1 is 1.45 bits per heavy atom. The summed E-state index contributed by atoms with van der Waals surface area (Å²) in [7, 11) is 0. The predicted octanol–water partition coefficient (Wildman–Crippen LogP) is 3.49. The number of carboxylic acid groups (broad SMARTS) is 1. The van der Waals surface area contributed by atoms with E-state index in [-0.39, 0.29) is 11.8 Å². The summed E-state index contributed by atoms with van der Waals surface area (Å²) in [5.74, 6) is -0.149. The van der Waals surface area contributed by atoms with E-state index in [0.717, 1.165) is 31.0 Å². The molecule has 1 aromatic rings. The molecule has 0 amide bonds. The second kappa shape index (κ2) is 6.95. The number of aliphatic carboxylic acids is 1. The number of allylic oxidation sites excluding steroid dienone is 1. The van der Waals surface area contributed by atoms with Gasteiger partial charge in [-0.15, -0.1) is 18.3 Å². The molecule has 3 nitrogen and oxygen atoms in total. The maximum atomic E-state index is 10.6. The van der Waals surface area contributed by atoms with E-state index in [1.165, 1.54) is 5.56 Å². The minimum Gasteiger partial charge on any atom is -0.481 e. The lowest BCUT2D eigenvalue weighted by Crippen LogP contribution is -2.31. The lowest BCUT2D eigenvalue weighted by Gasteiger charge is -2.35. The van der Waals surface area contributed by atoms with Crippen LogP contribution in [-0.4, -0.2) is 30.0 Å². The van der Waals surface area contributed by atoms with E-state index in [4.69, 9.17) is 9.84 Å². The van der Waals surface area contributed by atoms with Crippen LogP contribution in [0.25, 0.3) is 0 Å². The van der Waals surface area contributed by atoms with Gasteiger partial charge in [-0.25, -0.2) is 0 Å². The topological polar surface area (TPSA) is 46.5 Å². The fourth-order valence-electron chi connectivity index (χ4n) is 2.50. The van der Waals surface area contributed by atoms with E-state index in [1.807, 2.05) is 18.2 Å². The van der Waals surface area contributed by atoms with E-state index in [9.17, 15) is 4.79 Å². The normalized spacial score (nSPS) is 17.6. The molecule has 1 heterocycles. The molecule has 1 N–H and O–H groups in total. The Bertz CT molecular complexity index is 478. The number of carbonyl (C=O) groups is 1. The van der Waals surface area contributed by atoms with Crippen LogP contribution in [0.5, 0.6) is 0 Å². The predicted molar refractivity (Wildman–Crippen MR) is 81.3 cm³/mol. The van der Waals surface area contributed by atoms with Crippen LogP contribution in [0.2, 0.25) is 0 Å². The van der Waals surface area contributed by atoms with Gasteiger partial charge in [0, 0.05) is 29.3 Å². The van der Waals surface area contributed by atoms with Crippen molar-refractivity contribution in [2.24, 2.45) is 0 Å². The minimum absolute atomic E-state index is 0.00161. The first-order valence-electron chi connectivity index (χ1n) is 6.83. The molecule has 2 rings (SSSR count). The maximum Gasteiger partial charge on any atom is 0.304 e. The van der Waals surface area contributed by atoms with Gasteiger partial charge in [0.25, 0.3) is 0 Å². The Balaban J connectivity index is 2.11. The van der Waals surface area contributed by atoms with E-state index in [1.54, 1.807) is 11.8 Å². The largest absolute Gasteiger partial charge is 0.481 e. The van der Waals surface area contributed by atoms with E-state index >= 15 is 0 Å². The summed E-state index contributed by atoms with van der Waals surface area (Å²) in [5.41, 5.74) is 1.26. The molecule has 1 fully saturated rings. The molecule has 1 aliphatic heterocycles. The fourth-order valence-corrected chi connectivity index (χ4v) is 3.40. The van der Waals surface area contributed by atoms with Crippen molar-refractivity contribution in [1.82, 2.24) is 0 Å². The summed E-state index contributed by atoms with van der Waals surface area (Å²) in [5, 5.41) is 8.69. The monoisotopic (exact) mass is 292 g/mol. The molecule has 0 unspecified atom stereocenters. The van der Waals surface area contributed by atoms with E-state index in [0.29, 0.717) is 5.75 Å². The van der Waals surface area contributed by atoms with Crippen molar-refractivity contribution < 1.29 is 14.6 Å². The summed E-state index contributed by atoms with van der Waals surface area (Å²) in [6.07, 6.45) is 4.14. The first kappa shape index (κ1) is 15.1. The third-order valence-corrected chi connectivity index (χ3v) is 4.76. The summed E-state index contributed by atoms with van der Waals surface area (Å²) in [6.45, 7) is 5.54. The second-order valence-electron chi connectivity index (χ2n) is 4.99. The molecule has 0 radical (unpaired) electrons. The van der Waals surface area contributed by atoms with Crippen molar-refractivity contribution in [2.45, 2.75) is 29.6 Å². The quantitative estimate of drug-likeness (QED) is 0.644. The zero-order chi connectivity index (χ0) is 14.4. The third-order valence-electron chi connectivity index (χ3n) is 3.77. The first-order chi connectivity index (χ1) is 9.66. The highest BCUT2D eigenvalue weighted by atomic mass is 32.2. The Morgan fingerprint density at radius 2 is 2.20 bits per heavy atom. The number of hydrogen-bond donors (Lipinski definition) is 1. The lowest BCUT2D eigenvalue weighted by molar-refractivity contribution is -0.136. The van der Waals surface area contributed by atoms with Crippen LogP contribution >= 0.6 is 11.8 Å². The molecule has 0 bridgehead atoms. The maximum absolute atomic E-state index is 10.6. The number of rotatable bonds is 6. The first-order valence-corrected chi connectivity index (χ1v) is 7.81. The van der Waals surface area contributed by atoms with Crippen molar-refractivity contribution >= 4 is 17.7 Å². The highest BCUT2D eigenvalue weighted by molar-refractivity contribution is 7.99. The van der Waals surface area contributed by atoms with Gasteiger partial charge in [-0.2, -0.15) is 0 Å². The minimum atomic E-state index is -0.749. The van der Waals surface area contributed by atoms with Crippen LogP contribution in [0, 0.1) is 0 Å². The van der Waals surface area contributed by atoms with Gasteiger partial charge in [0.2, 0.25) is 0 Å². The number of thioether (sulfide) groups is 1. The van der Waals surface area contributed by atoms with Gasteiger partial charge in [0.15, 0.2) is 0 Å². The molecular formula is C16H20O3S. The summed E-state index contributed by atoms with van der Waals surface area (Å²) < 4.78 is 5.45. The molecule has 1 saturated heterocycles. The number of benzene rings is 1. The highest BCUT2D eigenvalue weighted by Gasteiger charge is 2.31. The number of carboxylic acids is 1. The third kappa shape index (κ3) is 3.64. The standard InChI is InChI=1S/C16H20O3S/c1-2-16(7-9-19-10-8-16)13-4-3-5-14(12-13)20-11-6-15(17)18/h2-5,12H,1,6-11H2,(H,17,18). The number of ether oxygens (including phenoxy) is 1. The van der Waals surface area contributed by atoms with Gasteiger partial charge >= 0.3 is 5.97 Å². The van der Waals surface area contributed by atoms with Gasteiger partial charge < -0.3 is 9.84 Å². The molecule has 0 aromatic heterocycles.